The standard InChI is InChI=1S/C19H29N3O2/c1-15-5-3-4-6-17(15)14-21-9-7-18(8-10-21)20-19(23)22-11-12-24-16(2)13-22/h3-6,16,18H,7-14H2,1-2H3,(H,20,23). The first-order chi connectivity index (χ1) is 11.6. The highest BCUT2D eigenvalue weighted by Gasteiger charge is 2.25. The molecule has 1 unspecified atom stereocenters. The second kappa shape index (κ2) is 7.99. The maximum Gasteiger partial charge on any atom is 0.317 e. The van der Waals surface area contributed by atoms with Crippen LogP contribution in [0.15, 0.2) is 24.3 Å². The molecule has 2 amide bonds. The summed E-state index contributed by atoms with van der Waals surface area (Å²) < 4.78 is 5.50. The third-order valence-corrected chi connectivity index (χ3v) is 5.10. The van der Waals surface area contributed by atoms with Gasteiger partial charge in [-0.15, -0.1) is 0 Å². The van der Waals surface area contributed by atoms with E-state index in [0.29, 0.717) is 25.7 Å². The SMILES string of the molecule is Cc1ccccc1CN1CCC(NC(=O)N2CCOC(C)C2)CC1. The molecule has 1 atom stereocenters. The van der Waals surface area contributed by atoms with E-state index >= 15 is 0 Å². The number of urea groups is 1. The van der Waals surface area contributed by atoms with Crippen molar-refractivity contribution in [3.63, 3.8) is 0 Å². The van der Waals surface area contributed by atoms with Crippen LogP contribution in [-0.2, 0) is 11.3 Å². The molecule has 0 radical (unpaired) electrons. The highest BCUT2D eigenvalue weighted by Crippen LogP contribution is 2.16. The molecule has 0 aromatic heterocycles. The third-order valence-electron chi connectivity index (χ3n) is 5.10. The van der Waals surface area contributed by atoms with E-state index < -0.39 is 0 Å². The number of benzene rings is 1. The number of aryl methyl sites for hydroxylation is 1. The van der Waals surface area contributed by atoms with Crippen LogP contribution in [0.1, 0.15) is 30.9 Å². The Morgan fingerprint density at radius 2 is 2.00 bits per heavy atom. The van der Waals surface area contributed by atoms with Crippen LogP contribution in [-0.4, -0.2) is 60.8 Å². The van der Waals surface area contributed by atoms with Crippen LogP contribution < -0.4 is 5.32 Å². The number of amides is 2. The summed E-state index contributed by atoms with van der Waals surface area (Å²) in [6.07, 6.45) is 2.19. The first-order valence-corrected chi connectivity index (χ1v) is 9.05. The molecule has 24 heavy (non-hydrogen) atoms. The topological polar surface area (TPSA) is 44.8 Å². The number of nitrogens with zero attached hydrogens (tertiary/aromatic N) is 2. The van der Waals surface area contributed by atoms with Crippen LogP contribution in [0, 0.1) is 6.92 Å². The zero-order valence-corrected chi connectivity index (χ0v) is 14.8. The fraction of sp³-hybridized carbons (Fsp3) is 0.632. The summed E-state index contributed by atoms with van der Waals surface area (Å²) in [4.78, 5) is 16.7. The van der Waals surface area contributed by atoms with Gasteiger partial charge in [0.15, 0.2) is 0 Å². The number of ether oxygens (including phenoxy) is 1. The molecule has 0 aliphatic carbocycles. The fourth-order valence-electron chi connectivity index (χ4n) is 3.53. The predicted molar refractivity (Wildman–Crippen MR) is 95.0 cm³/mol. The van der Waals surface area contributed by atoms with Gasteiger partial charge in [0.05, 0.1) is 12.7 Å². The molecular formula is C19H29N3O2. The number of carbonyl (C=O) groups is 1. The number of hydrogen-bond donors (Lipinski definition) is 1. The van der Waals surface area contributed by atoms with Gasteiger partial charge in [-0.25, -0.2) is 4.79 Å². The Morgan fingerprint density at radius 1 is 1.25 bits per heavy atom. The van der Waals surface area contributed by atoms with Crippen LogP contribution in [0.25, 0.3) is 0 Å². The van der Waals surface area contributed by atoms with Crippen molar-refractivity contribution in [2.75, 3.05) is 32.8 Å². The molecule has 1 aromatic rings. The molecule has 0 bridgehead atoms. The molecule has 2 aliphatic heterocycles. The second-order valence-electron chi connectivity index (χ2n) is 7.05. The van der Waals surface area contributed by atoms with E-state index in [1.54, 1.807) is 0 Å². The van der Waals surface area contributed by atoms with E-state index in [9.17, 15) is 4.79 Å². The Morgan fingerprint density at radius 3 is 2.71 bits per heavy atom. The summed E-state index contributed by atoms with van der Waals surface area (Å²) in [6.45, 7) is 9.31. The van der Waals surface area contributed by atoms with Crippen molar-refractivity contribution in [1.29, 1.82) is 0 Å². The Labute approximate surface area is 145 Å². The van der Waals surface area contributed by atoms with Gasteiger partial charge in [0.2, 0.25) is 0 Å². The van der Waals surface area contributed by atoms with E-state index in [0.717, 1.165) is 32.5 Å². The van der Waals surface area contributed by atoms with Crippen molar-refractivity contribution in [3.8, 4) is 0 Å². The number of carbonyl (C=O) groups excluding carboxylic acids is 1. The summed E-state index contributed by atoms with van der Waals surface area (Å²) in [5, 5.41) is 3.21. The largest absolute Gasteiger partial charge is 0.375 e. The van der Waals surface area contributed by atoms with Crippen molar-refractivity contribution in [2.24, 2.45) is 0 Å². The lowest BCUT2D eigenvalue weighted by Gasteiger charge is -2.36. The Balaban J connectivity index is 1.43. The van der Waals surface area contributed by atoms with Crippen LogP contribution in [0.2, 0.25) is 0 Å². The van der Waals surface area contributed by atoms with E-state index in [4.69, 9.17) is 4.74 Å². The van der Waals surface area contributed by atoms with Crippen molar-refractivity contribution in [2.45, 2.75) is 45.4 Å². The molecule has 0 saturated carbocycles. The summed E-state index contributed by atoms with van der Waals surface area (Å²) in [6, 6.07) is 8.95. The monoisotopic (exact) mass is 331 g/mol. The Hall–Kier alpha value is -1.59. The molecule has 1 aromatic carbocycles. The zero-order valence-electron chi connectivity index (χ0n) is 14.8. The van der Waals surface area contributed by atoms with Gasteiger partial charge in [0.1, 0.15) is 0 Å². The normalized spacial score (nSPS) is 23.2. The minimum atomic E-state index is 0.0718. The second-order valence-corrected chi connectivity index (χ2v) is 7.05. The maximum absolute atomic E-state index is 12.4. The van der Waals surface area contributed by atoms with Gasteiger partial charge in [-0.1, -0.05) is 24.3 Å². The number of piperidine rings is 1. The van der Waals surface area contributed by atoms with E-state index in [1.807, 2.05) is 11.8 Å². The first kappa shape index (κ1) is 17.2. The lowest BCUT2D eigenvalue weighted by molar-refractivity contribution is -0.00420. The number of likely N-dealkylation sites (tertiary alicyclic amines) is 1. The van der Waals surface area contributed by atoms with E-state index in [-0.39, 0.29) is 12.1 Å². The molecule has 2 heterocycles. The fourth-order valence-corrected chi connectivity index (χ4v) is 3.53. The van der Waals surface area contributed by atoms with Crippen LogP contribution in [0.5, 0.6) is 0 Å². The summed E-state index contributed by atoms with van der Waals surface area (Å²) >= 11 is 0. The lowest BCUT2D eigenvalue weighted by Crippen LogP contribution is -2.53. The summed E-state index contributed by atoms with van der Waals surface area (Å²) in [7, 11) is 0. The van der Waals surface area contributed by atoms with Gasteiger partial charge >= 0.3 is 6.03 Å². The zero-order chi connectivity index (χ0) is 16.9. The molecule has 132 valence electrons. The minimum Gasteiger partial charge on any atom is -0.375 e. The van der Waals surface area contributed by atoms with Gasteiger partial charge in [0.25, 0.3) is 0 Å². The molecule has 3 rings (SSSR count). The summed E-state index contributed by atoms with van der Waals surface area (Å²) in [5.41, 5.74) is 2.76. The molecule has 1 N–H and O–H groups in total. The van der Waals surface area contributed by atoms with Gasteiger partial charge in [-0.05, 0) is 37.8 Å². The van der Waals surface area contributed by atoms with Gasteiger partial charge < -0.3 is 15.0 Å². The quantitative estimate of drug-likeness (QED) is 0.925. The van der Waals surface area contributed by atoms with Gasteiger partial charge in [0, 0.05) is 38.8 Å². The van der Waals surface area contributed by atoms with Gasteiger partial charge in [-0.3, -0.25) is 4.90 Å². The molecule has 2 fully saturated rings. The average Bonchev–Trinajstić information content (AvgIpc) is 2.58. The van der Waals surface area contributed by atoms with Crippen LogP contribution in [0.4, 0.5) is 4.79 Å². The van der Waals surface area contributed by atoms with Gasteiger partial charge in [-0.2, -0.15) is 0 Å². The average molecular weight is 331 g/mol. The van der Waals surface area contributed by atoms with Crippen LogP contribution in [0.3, 0.4) is 0 Å². The first-order valence-electron chi connectivity index (χ1n) is 9.05. The smallest absolute Gasteiger partial charge is 0.317 e. The third kappa shape index (κ3) is 4.48. The molecule has 5 nitrogen and oxygen atoms in total. The number of nitrogens with one attached hydrogen (secondary N) is 1. The lowest BCUT2D eigenvalue weighted by atomic mass is 10.0. The van der Waals surface area contributed by atoms with Crippen molar-refractivity contribution < 1.29 is 9.53 Å². The molecule has 2 saturated heterocycles. The van der Waals surface area contributed by atoms with Crippen LogP contribution >= 0.6 is 0 Å². The molecule has 5 heteroatoms. The van der Waals surface area contributed by atoms with Crippen molar-refractivity contribution in [1.82, 2.24) is 15.1 Å². The van der Waals surface area contributed by atoms with Crippen molar-refractivity contribution >= 4 is 6.03 Å². The molecule has 2 aliphatic rings. The Bertz CT molecular complexity index is 555. The number of hydrogen-bond acceptors (Lipinski definition) is 3. The van der Waals surface area contributed by atoms with Crippen molar-refractivity contribution in [3.05, 3.63) is 35.4 Å². The summed E-state index contributed by atoms with van der Waals surface area (Å²) in [5.74, 6) is 0. The number of rotatable bonds is 3. The maximum atomic E-state index is 12.4. The molecular weight excluding hydrogens is 302 g/mol. The molecule has 0 spiro atoms. The number of morpholine rings is 1. The highest BCUT2D eigenvalue weighted by atomic mass is 16.5. The predicted octanol–water partition coefficient (Wildman–Crippen LogP) is 2.39. The van der Waals surface area contributed by atoms with E-state index in [2.05, 4.69) is 41.4 Å². The highest BCUT2D eigenvalue weighted by molar-refractivity contribution is 5.74. The minimum absolute atomic E-state index is 0.0718. The van der Waals surface area contributed by atoms with E-state index in [1.165, 1.54) is 11.1 Å². The Kier molecular flexibility index (Phi) is 5.74.